The van der Waals surface area contributed by atoms with E-state index in [4.69, 9.17) is 0 Å². The molecule has 0 aliphatic rings. The molecule has 0 aromatic carbocycles. The SMILES string of the molecule is CN(C)C(=O)N(C)c1ccc(Br)cn1. The van der Waals surface area contributed by atoms with Gasteiger partial charge in [-0.15, -0.1) is 0 Å². The van der Waals surface area contributed by atoms with Crippen LogP contribution in [0.3, 0.4) is 0 Å². The zero-order valence-electron chi connectivity index (χ0n) is 8.36. The van der Waals surface area contributed by atoms with Gasteiger partial charge in [-0.1, -0.05) is 0 Å². The van der Waals surface area contributed by atoms with E-state index in [1.54, 1.807) is 33.4 Å². The van der Waals surface area contributed by atoms with Gasteiger partial charge >= 0.3 is 6.03 Å². The van der Waals surface area contributed by atoms with Crippen molar-refractivity contribution in [2.75, 3.05) is 26.0 Å². The molecule has 1 aromatic rings. The van der Waals surface area contributed by atoms with Gasteiger partial charge in [-0.25, -0.2) is 9.78 Å². The molecule has 1 rings (SSSR count). The number of hydrogen-bond donors (Lipinski definition) is 0. The molecule has 0 unspecified atom stereocenters. The number of amides is 2. The molecule has 0 atom stereocenters. The van der Waals surface area contributed by atoms with Crippen LogP contribution in [0.1, 0.15) is 0 Å². The predicted molar refractivity (Wildman–Crippen MR) is 59.4 cm³/mol. The predicted octanol–water partition coefficient (Wildman–Crippen LogP) is 1.96. The number of nitrogens with zero attached hydrogens (tertiary/aromatic N) is 3. The second-order valence-corrected chi connectivity index (χ2v) is 3.99. The van der Waals surface area contributed by atoms with E-state index in [-0.39, 0.29) is 6.03 Å². The van der Waals surface area contributed by atoms with Crippen molar-refractivity contribution in [1.82, 2.24) is 9.88 Å². The Kier molecular flexibility index (Phi) is 3.46. The van der Waals surface area contributed by atoms with Crippen LogP contribution in [0.4, 0.5) is 10.6 Å². The molecular weight excluding hydrogens is 246 g/mol. The lowest BCUT2D eigenvalue weighted by molar-refractivity contribution is 0.225. The first-order valence-corrected chi connectivity index (χ1v) is 4.88. The van der Waals surface area contributed by atoms with Crippen molar-refractivity contribution < 1.29 is 4.79 Å². The minimum absolute atomic E-state index is 0.0974. The number of carbonyl (C=O) groups excluding carboxylic acids is 1. The largest absolute Gasteiger partial charge is 0.330 e. The van der Waals surface area contributed by atoms with Gasteiger partial charge in [-0.2, -0.15) is 0 Å². The van der Waals surface area contributed by atoms with Crippen LogP contribution in [-0.2, 0) is 0 Å². The number of urea groups is 1. The van der Waals surface area contributed by atoms with Gasteiger partial charge in [0, 0.05) is 31.8 Å². The standard InChI is InChI=1S/C9H12BrN3O/c1-12(2)9(14)13(3)8-5-4-7(10)6-11-8/h4-6H,1-3H3. The third-order valence-corrected chi connectivity index (χ3v) is 2.19. The van der Waals surface area contributed by atoms with E-state index in [1.807, 2.05) is 6.07 Å². The normalized spacial score (nSPS) is 9.71. The highest BCUT2D eigenvalue weighted by Gasteiger charge is 2.12. The first-order valence-electron chi connectivity index (χ1n) is 4.09. The molecule has 1 heterocycles. The molecule has 0 radical (unpaired) electrons. The first-order chi connectivity index (χ1) is 6.52. The second kappa shape index (κ2) is 4.41. The maximum Gasteiger partial charge on any atom is 0.324 e. The van der Waals surface area contributed by atoms with Crippen LogP contribution in [0.5, 0.6) is 0 Å². The average Bonchev–Trinajstić information content (AvgIpc) is 2.16. The van der Waals surface area contributed by atoms with Gasteiger partial charge in [0.1, 0.15) is 5.82 Å². The van der Waals surface area contributed by atoms with Crippen LogP contribution in [0.2, 0.25) is 0 Å². The molecule has 5 heteroatoms. The molecule has 0 bridgehead atoms. The molecule has 0 fully saturated rings. The van der Waals surface area contributed by atoms with Crippen LogP contribution < -0.4 is 4.90 Å². The monoisotopic (exact) mass is 257 g/mol. The Bertz CT molecular complexity index is 323. The van der Waals surface area contributed by atoms with E-state index in [0.717, 1.165) is 4.47 Å². The minimum Gasteiger partial charge on any atom is -0.330 e. The summed E-state index contributed by atoms with van der Waals surface area (Å²) >= 11 is 3.28. The highest BCUT2D eigenvalue weighted by atomic mass is 79.9. The summed E-state index contributed by atoms with van der Waals surface area (Å²) < 4.78 is 0.895. The summed E-state index contributed by atoms with van der Waals surface area (Å²) in [4.78, 5) is 18.6. The molecule has 0 aliphatic heterocycles. The van der Waals surface area contributed by atoms with E-state index in [2.05, 4.69) is 20.9 Å². The third-order valence-electron chi connectivity index (χ3n) is 1.72. The highest BCUT2D eigenvalue weighted by molar-refractivity contribution is 9.10. The average molecular weight is 258 g/mol. The summed E-state index contributed by atoms with van der Waals surface area (Å²) in [6, 6.07) is 3.53. The van der Waals surface area contributed by atoms with E-state index in [9.17, 15) is 4.79 Å². The third kappa shape index (κ3) is 2.45. The van der Waals surface area contributed by atoms with Crippen molar-refractivity contribution in [2.45, 2.75) is 0 Å². The number of aromatic nitrogens is 1. The van der Waals surface area contributed by atoms with Gasteiger partial charge in [0.25, 0.3) is 0 Å². The molecule has 4 nitrogen and oxygen atoms in total. The first kappa shape index (κ1) is 11.0. The zero-order valence-corrected chi connectivity index (χ0v) is 9.95. The van der Waals surface area contributed by atoms with Crippen molar-refractivity contribution in [2.24, 2.45) is 0 Å². The number of anilines is 1. The molecule has 0 saturated carbocycles. The molecule has 0 spiro atoms. The maximum absolute atomic E-state index is 11.5. The van der Waals surface area contributed by atoms with Crippen molar-refractivity contribution in [3.05, 3.63) is 22.8 Å². The molecule has 0 saturated heterocycles. The lowest BCUT2D eigenvalue weighted by Gasteiger charge is -2.20. The highest BCUT2D eigenvalue weighted by Crippen LogP contribution is 2.14. The van der Waals surface area contributed by atoms with E-state index in [0.29, 0.717) is 5.82 Å². The molecule has 14 heavy (non-hydrogen) atoms. The van der Waals surface area contributed by atoms with Gasteiger partial charge < -0.3 is 4.90 Å². The quantitative estimate of drug-likeness (QED) is 0.772. The van der Waals surface area contributed by atoms with Gasteiger partial charge in [-0.05, 0) is 28.1 Å². The summed E-state index contributed by atoms with van der Waals surface area (Å²) in [7, 11) is 5.11. The van der Waals surface area contributed by atoms with Crippen LogP contribution in [-0.4, -0.2) is 37.1 Å². The maximum atomic E-state index is 11.5. The van der Waals surface area contributed by atoms with Crippen LogP contribution in [0, 0.1) is 0 Å². The lowest BCUT2D eigenvalue weighted by atomic mass is 10.4. The summed E-state index contributed by atoms with van der Waals surface area (Å²) in [5.74, 6) is 0.631. The number of hydrogen-bond acceptors (Lipinski definition) is 2. The summed E-state index contributed by atoms with van der Waals surface area (Å²) in [5, 5.41) is 0. The molecular formula is C9H12BrN3O. The molecule has 1 aromatic heterocycles. The lowest BCUT2D eigenvalue weighted by Crippen LogP contribution is -2.36. The van der Waals surface area contributed by atoms with E-state index < -0.39 is 0 Å². The van der Waals surface area contributed by atoms with Gasteiger partial charge in [0.15, 0.2) is 0 Å². The van der Waals surface area contributed by atoms with Crippen molar-refractivity contribution >= 4 is 27.8 Å². The topological polar surface area (TPSA) is 36.4 Å². The Balaban J connectivity index is 2.84. The van der Waals surface area contributed by atoms with Gasteiger partial charge in [0.2, 0.25) is 0 Å². The fourth-order valence-electron chi connectivity index (χ4n) is 0.964. The Morgan fingerprint density at radius 2 is 2.00 bits per heavy atom. The summed E-state index contributed by atoms with van der Waals surface area (Å²) in [5.41, 5.74) is 0. The summed E-state index contributed by atoms with van der Waals surface area (Å²) in [6.45, 7) is 0. The van der Waals surface area contributed by atoms with Crippen molar-refractivity contribution in [1.29, 1.82) is 0 Å². The molecule has 76 valence electrons. The molecule has 0 aliphatic carbocycles. The Labute approximate surface area is 91.7 Å². The number of rotatable bonds is 1. The van der Waals surface area contributed by atoms with Crippen molar-refractivity contribution in [3.8, 4) is 0 Å². The van der Waals surface area contributed by atoms with Gasteiger partial charge in [0.05, 0.1) is 0 Å². The zero-order chi connectivity index (χ0) is 10.7. The Morgan fingerprint density at radius 1 is 1.36 bits per heavy atom. The second-order valence-electron chi connectivity index (χ2n) is 3.07. The van der Waals surface area contributed by atoms with Gasteiger partial charge in [-0.3, -0.25) is 4.90 Å². The minimum atomic E-state index is -0.0974. The fraction of sp³-hybridized carbons (Fsp3) is 0.333. The van der Waals surface area contributed by atoms with E-state index >= 15 is 0 Å². The van der Waals surface area contributed by atoms with E-state index in [1.165, 1.54) is 9.80 Å². The Morgan fingerprint density at radius 3 is 2.43 bits per heavy atom. The fourth-order valence-corrected chi connectivity index (χ4v) is 1.20. The smallest absolute Gasteiger partial charge is 0.324 e. The number of pyridine rings is 1. The number of carbonyl (C=O) groups is 1. The Hall–Kier alpha value is -1.10. The van der Waals surface area contributed by atoms with Crippen LogP contribution >= 0.6 is 15.9 Å². The summed E-state index contributed by atoms with van der Waals surface area (Å²) in [6.07, 6.45) is 1.66. The van der Waals surface area contributed by atoms with Crippen LogP contribution in [0.25, 0.3) is 0 Å². The number of halogens is 1. The molecule has 2 amide bonds. The molecule has 0 N–H and O–H groups in total. The van der Waals surface area contributed by atoms with Crippen LogP contribution in [0.15, 0.2) is 22.8 Å². The van der Waals surface area contributed by atoms with Crippen molar-refractivity contribution in [3.63, 3.8) is 0 Å².